The highest BCUT2D eigenvalue weighted by atomic mass is 32.2. The zero-order valence-corrected chi connectivity index (χ0v) is 23.9. The molecule has 1 atom stereocenters. The van der Waals surface area contributed by atoms with Gasteiger partial charge < -0.3 is 14.5 Å². The molecule has 41 heavy (non-hydrogen) atoms. The van der Waals surface area contributed by atoms with Crippen LogP contribution in [-0.2, 0) is 4.79 Å². The first-order valence-electron chi connectivity index (χ1n) is 12.9. The van der Waals surface area contributed by atoms with E-state index in [0.29, 0.717) is 37.8 Å². The number of hydrogen-bond acceptors (Lipinski definition) is 7. The molecule has 0 aliphatic carbocycles. The van der Waals surface area contributed by atoms with Crippen molar-refractivity contribution in [1.82, 2.24) is 4.57 Å². The molecular formula is C32H25N3O4S2. The molecule has 1 amide bonds. The highest BCUT2D eigenvalue weighted by Gasteiger charge is 2.32. The largest absolute Gasteiger partial charge is 0.497 e. The van der Waals surface area contributed by atoms with Gasteiger partial charge in [0.05, 0.1) is 29.0 Å². The zero-order valence-electron chi connectivity index (χ0n) is 22.2. The van der Waals surface area contributed by atoms with Gasteiger partial charge in [0.2, 0.25) is 0 Å². The lowest BCUT2D eigenvalue weighted by atomic mass is 9.95. The van der Waals surface area contributed by atoms with Gasteiger partial charge in [0.1, 0.15) is 11.5 Å². The minimum Gasteiger partial charge on any atom is -0.497 e. The van der Waals surface area contributed by atoms with Crippen LogP contribution in [0.25, 0.3) is 6.08 Å². The number of methoxy groups -OCH3 is 1. The van der Waals surface area contributed by atoms with Crippen molar-refractivity contribution in [2.45, 2.75) is 23.0 Å². The monoisotopic (exact) mass is 579 g/mol. The number of amides is 1. The van der Waals surface area contributed by atoms with Gasteiger partial charge >= 0.3 is 0 Å². The molecule has 9 heteroatoms. The molecule has 3 heterocycles. The maximum absolute atomic E-state index is 13.9. The molecule has 0 bridgehead atoms. The summed E-state index contributed by atoms with van der Waals surface area (Å²) in [7, 11) is 1.59. The standard InChI is InChI=1S/C32H25N3O4S2/c1-20-28(30(36)34-22-11-5-3-6-12-22)29(21-10-9-13-23(18-21)38-2)35-31(37)26(41-32(35)33-20)19-24-16-17-27(39-24)40-25-14-7-4-8-15-25/h3-19,29H,1-2H3,(H,34,36)/b26-19+/t29-/m0/s1. The number of thiazole rings is 1. The Morgan fingerprint density at radius 2 is 1.78 bits per heavy atom. The van der Waals surface area contributed by atoms with Crippen molar-refractivity contribution in [3.8, 4) is 5.75 Å². The van der Waals surface area contributed by atoms with Gasteiger partial charge in [-0.15, -0.1) is 0 Å². The number of furan rings is 1. The van der Waals surface area contributed by atoms with Crippen LogP contribution in [0.1, 0.15) is 24.3 Å². The van der Waals surface area contributed by atoms with Gasteiger partial charge in [-0.1, -0.05) is 71.6 Å². The summed E-state index contributed by atoms with van der Waals surface area (Å²) < 4.78 is 13.5. The molecule has 2 aromatic heterocycles. The maximum atomic E-state index is 13.9. The predicted octanol–water partition coefficient (Wildman–Crippen LogP) is 5.63. The Balaban J connectivity index is 1.43. The summed E-state index contributed by atoms with van der Waals surface area (Å²) in [4.78, 5) is 33.9. The summed E-state index contributed by atoms with van der Waals surface area (Å²) >= 11 is 2.77. The summed E-state index contributed by atoms with van der Waals surface area (Å²) in [6, 6.07) is 29.6. The number of ether oxygens (including phenoxy) is 1. The second-order valence-corrected chi connectivity index (χ2v) is 11.3. The number of nitrogens with zero attached hydrogens (tertiary/aromatic N) is 2. The number of para-hydroxylation sites is 1. The molecule has 6 rings (SSSR count). The lowest BCUT2D eigenvalue weighted by molar-refractivity contribution is -0.113. The number of rotatable bonds is 7. The Kier molecular flexibility index (Phi) is 7.45. The number of anilines is 1. The van der Waals surface area contributed by atoms with E-state index >= 15 is 0 Å². The molecule has 5 aromatic rings. The average Bonchev–Trinajstić information content (AvgIpc) is 3.56. The first-order chi connectivity index (χ1) is 20.0. The second-order valence-electron chi connectivity index (χ2n) is 9.25. The number of nitrogens with one attached hydrogen (secondary N) is 1. The third-order valence-corrected chi connectivity index (χ3v) is 8.46. The number of hydrogen-bond donors (Lipinski definition) is 1. The van der Waals surface area contributed by atoms with E-state index in [1.165, 1.54) is 23.1 Å². The Morgan fingerprint density at radius 3 is 2.54 bits per heavy atom. The fourth-order valence-corrected chi connectivity index (χ4v) is 6.49. The molecule has 0 unspecified atom stereocenters. The summed E-state index contributed by atoms with van der Waals surface area (Å²) in [5, 5.41) is 3.69. The molecule has 3 aromatic carbocycles. The van der Waals surface area contributed by atoms with Crippen LogP contribution in [0.4, 0.5) is 5.69 Å². The molecular weight excluding hydrogens is 555 g/mol. The summed E-state index contributed by atoms with van der Waals surface area (Å²) in [5.41, 5.74) is 2.07. The molecule has 1 aliphatic rings. The van der Waals surface area contributed by atoms with Crippen molar-refractivity contribution in [2.75, 3.05) is 12.4 Å². The third kappa shape index (κ3) is 5.54. The van der Waals surface area contributed by atoms with Crippen LogP contribution >= 0.6 is 23.1 Å². The molecule has 0 saturated heterocycles. The van der Waals surface area contributed by atoms with Crippen LogP contribution in [0.5, 0.6) is 5.75 Å². The van der Waals surface area contributed by atoms with E-state index in [-0.39, 0.29) is 11.5 Å². The van der Waals surface area contributed by atoms with E-state index in [4.69, 9.17) is 14.1 Å². The van der Waals surface area contributed by atoms with Gasteiger partial charge in [-0.3, -0.25) is 14.2 Å². The van der Waals surface area contributed by atoms with Gasteiger partial charge in [-0.2, -0.15) is 0 Å². The van der Waals surface area contributed by atoms with Crippen LogP contribution in [0.15, 0.2) is 133 Å². The van der Waals surface area contributed by atoms with E-state index in [0.717, 1.165) is 15.6 Å². The highest BCUT2D eigenvalue weighted by molar-refractivity contribution is 7.99. The fraction of sp³-hybridized carbons (Fsp3) is 0.0938. The maximum Gasteiger partial charge on any atom is 0.271 e. The summed E-state index contributed by atoms with van der Waals surface area (Å²) in [6.45, 7) is 1.80. The fourth-order valence-electron chi connectivity index (χ4n) is 4.66. The van der Waals surface area contributed by atoms with Gasteiger partial charge in [0.15, 0.2) is 9.89 Å². The normalized spacial score (nSPS) is 14.9. The van der Waals surface area contributed by atoms with Crippen molar-refractivity contribution < 1.29 is 13.9 Å². The lowest BCUT2D eigenvalue weighted by Gasteiger charge is -2.25. The van der Waals surface area contributed by atoms with E-state index in [9.17, 15) is 9.59 Å². The molecule has 1 aliphatic heterocycles. The van der Waals surface area contributed by atoms with E-state index in [1.54, 1.807) is 24.7 Å². The molecule has 7 nitrogen and oxygen atoms in total. The summed E-state index contributed by atoms with van der Waals surface area (Å²) in [5.74, 6) is 0.860. The number of allylic oxidation sites excluding steroid dienone is 1. The molecule has 1 N–H and O–H groups in total. The van der Waals surface area contributed by atoms with Crippen LogP contribution in [-0.4, -0.2) is 17.6 Å². The molecule has 0 saturated carbocycles. The quantitative estimate of drug-likeness (QED) is 0.270. The Bertz CT molecular complexity index is 1940. The van der Waals surface area contributed by atoms with Crippen LogP contribution in [0, 0.1) is 0 Å². The Hall–Kier alpha value is -4.60. The smallest absolute Gasteiger partial charge is 0.271 e. The van der Waals surface area contributed by atoms with Gasteiger partial charge in [0.25, 0.3) is 11.5 Å². The zero-order chi connectivity index (χ0) is 28.3. The topological polar surface area (TPSA) is 85.8 Å². The lowest BCUT2D eigenvalue weighted by Crippen LogP contribution is -2.40. The van der Waals surface area contributed by atoms with Gasteiger partial charge in [0, 0.05) is 16.7 Å². The van der Waals surface area contributed by atoms with Crippen molar-refractivity contribution in [3.05, 3.63) is 139 Å². The Morgan fingerprint density at radius 1 is 1.02 bits per heavy atom. The van der Waals surface area contributed by atoms with Crippen LogP contribution < -0.4 is 24.9 Å². The van der Waals surface area contributed by atoms with Crippen molar-refractivity contribution in [1.29, 1.82) is 0 Å². The first kappa shape index (κ1) is 26.6. The van der Waals surface area contributed by atoms with Gasteiger partial charge in [-0.05, 0) is 61.0 Å². The van der Waals surface area contributed by atoms with Gasteiger partial charge in [-0.25, -0.2) is 4.99 Å². The second kappa shape index (κ2) is 11.5. The van der Waals surface area contributed by atoms with Crippen LogP contribution in [0.2, 0.25) is 0 Å². The van der Waals surface area contributed by atoms with Crippen molar-refractivity contribution in [3.63, 3.8) is 0 Å². The number of carbonyl (C=O) groups is 1. The third-order valence-electron chi connectivity index (χ3n) is 6.54. The molecule has 0 spiro atoms. The number of benzene rings is 3. The van der Waals surface area contributed by atoms with Crippen molar-refractivity contribution >= 4 is 40.8 Å². The SMILES string of the molecule is COc1cccc([C@H]2C(C(=O)Nc3ccccc3)=C(C)N=c3s/c(=C/c4ccc(Sc5ccccc5)o4)c(=O)n32)c1. The first-order valence-corrected chi connectivity index (χ1v) is 14.5. The Labute approximate surface area is 244 Å². The molecule has 204 valence electrons. The van der Waals surface area contributed by atoms with Crippen LogP contribution in [0.3, 0.4) is 0 Å². The number of aromatic nitrogens is 1. The van der Waals surface area contributed by atoms with E-state index in [2.05, 4.69) is 5.32 Å². The minimum absolute atomic E-state index is 0.257. The molecule has 0 fully saturated rings. The van der Waals surface area contributed by atoms with E-state index in [1.807, 2.05) is 97.1 Å². The average molecular weight is 580 g/mol. The minimum atomic E-state index is -0.701. The number of carbonyl (C=O) groups excluding carboxylic acids is 1. The predicted molar refractivity (Wildman–Crippen MR) is 161 cm³/mol. The number of fused-ring (bicyclic) bond motifs is 1. The van der Waals surface area contributed by atoms with Crippen molar-refractivity contribution in [2.24, 2.45) is 4.99 Å². The summed E-state index contributed by atoms with van der Waals surface area (Å²) in [6.07, 6.45) is 1.73. The van der Waals surface area contributed by atoms with E-state index < -0.39 is 6.04 Å². The highest BCUT2D eigenvalue weighted by Crippen LogP contribution is 2.33. The molecule has 0 radical (unpaired) electrons.